The van der Waals surface area contributed by atoms with Crippen LogP contribution in [-0.4, -0.2) is 17.3 Å². The van der Waals surface area contributed by atoms with Crippen molar-refractivity contribution in [2.75, 3.05) is 18.1 Å². The average Bonchev–Trinajstić information content (AvgIpc) is 2.46. The van der Waals surface area contributed by atoms with Gasteiger partial charge >= 0.3 is 0 Å². The SMILES string of the molecule is Nc1ccc(SCCCCOc2ccc(Cl)cc2)cn1. The lowest BCUT2D eigenvalue weighted by molar-refractivity contribution is 0.310. The van der Waals surface area contributed by atoms with Crippen molar-refractivity contribution in [3.05, 3.63) is 47.6 Å². The molecule has 0 saturated heterocycles. The number of unbranched alkanes of at least 4 members (excludes halogenated alkanes) is 1. The molecule has 0 saturated carbocycles. The Labute approximate surface area is 128 Å². The van der Waals surface area contributed by atoms with E-state index in [-0.39, 0.29) is 0 Å². The van der Waals surface area contributed by atoms with Gasteiger partial charge in [-0.05, 0) is 55.0 Å². The molecule has 2 aromatic rings. The third kappa shape index (κ3) is 5.31. The molecule has 106 valence electrons. The monoisotopic (exact) mass is 308 g/mol. The summed E-state index contributed by atoms with van der Waals surface area (Å²) in [6.45, 7) is 0.724. The molecule has 1 heterocycles. The summed E-state index contributed by atoms with van der Waals surface area (Å²) >= 11 is 7.60. The van der Waals surface area contributed by atoms with Gasteiger partial charge in [0.05, 0.1) is 6.61 Å². The lowest BCUT2D eigenvalue weighted by Crippen LogP contribution is -1.97. The van der Waals surface area contributed by atoms with Crippen LogP contribution in [0.2, 0.25) is 5.02 Å². The zero-order chi connectivity index (χ0) is 14.2. The highest BCUT2D eigenvalue weighted by Gasteiger charge is 1.97. The fraction of sp³-hybridized carbons (Fsp3) is 0.267. The highest BCUT2D eigenvalue weighted by Crippen LogP contribution is 2.19. The number of pyridine rings is 1. The Morgan fingerprint density at radius 2 is 1.90 bits per heavy atom. The Balaban J connectivity index is 1.57. The zero-order valence-corrected chi connectivity index (χ0v) is 12.7. The molecule has 1 aromatic carbocycles. The third-order valence-electron chi connectivity index (χ3n) is 2.65. The molecule has 0 radical (unpaired) electrons. The minimum atomic E-state index is 0.561. The number of nitrogens with zero attached hydrogens (tertiary/aromatic N) is 1. The minimum absolute atomic E-state index is 0.561. The van der Waals surface area contributed by atoms with Crippen LogP contribution in [0.4, 0.5) is 5.82 Å². The standard InChI is InChI=1S/C15H17ClN2OS/c16-12-3-5-13(6-4-12)19-9-1-2-10-20-14-7-8-15(17)18-11-14/h3-8,11H,1-2,9-10H2,(H2,17,18). The van der Waals surface area contributed by atoms with Crippen molar-refractivity contribution in [1.82, 2.24) is 4.98 Å². The number of nitrogens with two attached hydrogens (primary N) is 1. The molecule has 2 rings (SSSR count). The molecule has 0 bridgehead atoms. The normalized spacial score (nSPS) is 10.4. The number of anilines is 1. The van der Waals surface area contributed by atoms with Crippen molar-refractivity contribution < 1.29 is 4.74 Å². The van der Waals surface area contributed by atoms with E-state index >= 15 is 0 Å². The maximum atomic E-state index is 5.81. The topological polar surface area (TPSA) is 48.1 Å². The van der Waals surface area contributed by atoms with Gasteiger partial charge in [-0.3, -0.25) is 0 Å². The molecule has 0 spiro atoms. The van der Waals surface area contributed by atoms with Crippen molar-refractivity contribution in [2.45, 2.75) is 17.7 Å². The molecule has 0 amide bonds. The molecule has 1 aromatic heterocycles. The summed E-state index contributed by atoms with van der Waals surface area (Å²) in [4.78, 5) is 5.21. The molecular weight excluding hydrogens is 292 g/mol. The molecule has 20 heavy (non-hydrogen) atoms. The van der Waals surface area contributed by atoms with E-state index < -0.39 is 0 Å². The number of halogens is 1. The van der Waals surface area contributed by atoms with Crippen LogP contribution in [0.5, 0.6) is 5.75 Å². The third-order valence-corrected chi connectivity index (χ3v) is 3.97. The summed E-state index contributed by atoms with van der Waals surface area (Å²) in [7, 11) is 0. The molecule has 3 nitrogen and oxygen atoms in total. The minimum Gasteiger partial charge on any atom is -0.494 e. The van der Waals surface area contributed by atoms with E-state index in [1.165, 1.54) is 0 Å². The second-order valence-corrected chi connectivity index (χ2v) is 5.88. The predicted octanol–water partition coefficient (Wildman–Crippen LogP) is 4.27. The van der Waals surface area contributed by atoms with Gasteiger partial charge in [-0.1, -0.05) is 11.6 Å². The fourth-order valence-corrected chi connectivity index (χ4v) is 2.59. The molecule has 0 aliphatic carbocycles. The van der Waals surface area contributed by atoms with Crippen LogP contribution in [0, 0.1) is 0 Å². The number of hydrogen-bond acceptors (Lipinski definition) is 4. The first-order chi connectivity index (χ1) is 9.74. The van der Waals surface area contributed by atoms with Gasteiger partial charge in [0.25, 0.3) is 0 Å². The Morgan fingerprint density at radius 3 is 2.60 bits per heavy atom. The number of nitrogen functional groups attached to an aromatic ring is 1. The highest BCUT2D eigenvalue weighted by atomic mass is 35.5. The number of benzene rings is 1. The first-order valence-electron chi connectivity index (χ1n) is 6.47. The van der Waals surface area contributed by atoms with Crippen LogP contribution in [0.1, 0.15) is 12.8 Å². The molecule has 0 aliphatic rings. The van der Waals surface area contributed by atoms with E-state index in [9.17, 15) is 0 Å². The van der Waals surface area contributed by atoms with Crippen LogP contribution in [-0.2, 0) is 0 Å². The molecule has 0 fully saturated rings. The number of rotatable bonds is 7. The molecule has 5 heteroatoms. The van der Waals surface area contributed by atoms with Gasteiger partial charge in [0.15, 0.2) is 0 Å². The first-order valence-corrected chi connectivity index (χ1v) is 7.83. The number of aromatic nitrogens is 1. The van der Waals surface area contributed by atoms with Crippen LogP contribution in [0.15, 0.2) is 47.5 Å². The van der Waals surface area contributed by atoms with Gasteiger partial charge in [0, 0.05) is 16.1 Å². The zero-order valence-electron chi connectivity index (χ0n) is 11.1. The van der Waals surface area contributed by atoms with Crippen molar-refractivity contribution >= 4 is 29.2 Å². The maximum Gasteiger partial charge on any atom is 0.123 e. The van der Waals surface area contributed by atoms with Gasteiger partial charge in [-0.2, -0.15) is 0 Å². The van der Waals surface area contributed by atoms with Crippen molar-refractivity contribution in [2.24, 2.45) is 0 Å². The van der Waals surface area contributed by atoms with Gasteiger partial charge in [-0.15, -0.1) is 11.8 Å². The van der Waals surface area contributed by atoms with Crippen molar-refractivity contribution in [1.29, 1.82) is 0 Å². The van der Waals surface area contributed by atoms with Crippen molar-refractivity contribution in [3.63, 3.8) is 0 Å². The van der Waals surface area contributed by atoms with Crippen LogP contribution < -0.4 is 10.5 Å². The fourth-order valence-electron chi connectivity index (χ4n) is 1.59. The van der Waals surface area contributed by atoms with Crippen LogP contribution >= 0.6 is 23.4 Å². The van der Waals surface area contributed by atoms with Gasteiger partial charge < -0.3 is 10.5 Å². The lowest BCUT2D eigenvalue weighted by Gasteiger charge is -2.06. The average molecular weight is 309 g/mol. The quantitative estimate of drug-likeness (QED) is 0.613. The molecule has 0 unspecified atom stereocenters. The summed E-state index contributed by atoms with van der Waals surface area (Å²) in [5.41, 5.74) is 5.54. The van der Waals surface area contributed by atoms with E-state index in [1.54, 1.807) is 11.8 Å². The predicted molar refractivity (Wildman–Crippen MR) is 85.6 cm³/mol. The largest absolute Gasteiger partial charge is 0.494 e. The Hall–Kier alpha value is -1.39. The Kier molecular flexibility index (Phi) is 6.02. The molecular formula is C15H17ClN2OS. The van der Waals surface area contributed by atoms with Gasteiger partial charge in [0.2, 0.25) is 0 Å². The van der Waals surface area contributed by atoms with Gasteiger partial charge in [-0.25, -0.2) is 4.98 Å². The Bertz CT molecular complexity index is 467. The summed E-state index contributed by atoms with van der Waals surface area (Å²) in [6.07, 6.45) is 3.94. The van der Waals surface area contributed by atoms with Crippen LogP contribution in [0.3, 0.4) is 0 Å². The van der Waals surface area contributed by atoms with E-state index in [2.05, 4.69) is 4.98 Å². The molecule has 0 atom stereocenters. The second kappa shape index (κ2) is 8.02. The summed E-state index contributed by atoms with van der Waals surface area (Å²) in [5, 5.41) is 0.728. The van der Waals surface area contributed by atoms with E-state index in [1.807, 2.05) is 42.6 Å². The lowest BCUT2D eigenvalue weighted by atomic mass is 10.3. The van der Waals surface area contributed by atoms with Crippen molar-refractivity contribution in [3.8, 4) is 5.75 Å². The molecule has 2 N–H and O–H groups in total. The van der Waals surface area contributed by atoms with E-state index in [0.717, 1.165) is 40.9 Å². The Morgan fingerprint density at radius 1 is 1.10 bits per heavy atom. The summed E-state index contributed by atoms with van der Waals surface area (Å²) in [5.74, 6) is 2.48. The van der Waals surface area contributed by atoms with Gasteiger partial charge in [0.1, 0.15) is 11.6 Å². The number of thioether (sulfide) groups is 1. The summed E-state index contributed by atoms with van der Waals surface area (Å²) in [6, 6.07) is 11.3. The van der Waals surface area contributed by atoms with E-state index in [0.29, 0.717) is 5.82 Å². The van der Waals surface area contributed by atoms with Crippen LogP contribution in [0.25, 0.3) is 0 Å². The van der Waals surface area contributed by atoms with E-state index in [4.69, 9.17) is 22.1 Å². The molecule has 0 aliphatic heterocycles. The maximum absolute atomic E-state index is 5.81. The first kappa shape index (κ1) is 15.0. The number of ether oxygens (including phenoxy) is 1. The highest BCUT2D eigenvalue weighted by molar-refractivity contribution is 7.99. The summed E-state index contributed by atoms with van der Waals surface area (Å²) < 4.78 is 5.63. The second-order valence-electron chi connectivity index (χ2n) is 4.28. The smallest absolute Gasteiger partial charge is 0.123 e. The number of hydrogen-bond donors (Lipinski definition) is 1.